The number of nitrogens with two attached hydrogens (primary N) is 1. The lowest BCUT2D eigenvalue weighted by Crippen LogP contribution is -2.35. The average Bonchev–Trinajstić information content (AvgIpc) is 3.04. The minimum Gasteiger partial charge on any atom is -0.365 e. The van der Waals surface area contributed by atoms with Gasteiger partial charge in [0.25, 0.3) is 11.8 Å². The molecule has 0 bridgehead atoms. The van der Waals surface area contributed by atoms with Crippen LogP contribution in [0.3, 0.4) is 0 Å². The van der Waals surface area contributed by atoms with E-state index in [1.807, 2.05) is 0 Å². The molecule has 0 saturated carbocycles. The predicted molar refractivity (Wildman–Crippen MR) is 91.2 cm³/mol. The zero-order valence-corrected chi connectivity index (χ0v) is 13.6. The molecule has 1 aliphatic heterocycles. The van der Waals surface area contributed by atoms with Gasteiger partial charge in [0.05, 0.1) is 6.20 Å². The number of anilines is 2. The Labute approximate surface area is 142 Å². The lowest BCUT2D eigenvalue weighted by molar-refractivity contribution is -0.119. The summed E-state index contributed by atoms with van der Waals surface area (Å²) in [5, 5.41) is 2.93. The molecule has 1 saturated heterocycles. The number of aromatic nitrogens is 1. The minimum absolute atomic E-state index is 0.111. The van der Waals surface area contributed by atoms with Crippen molar-refractivity contribution in [1.82, 2.24) is 4.98 Å². The molecule has 3 amide bonds. The Bertz CT molecular complexity index is 785. The second-order valence-corrected chi connectivity index (χ2v) is 6.43. The fourth-order valence-electron chi connectivity index (χ4n) is 2.49. The van der Waals surface area contributed by atoms with Crippen molar-refractivity contribution in [2.45, 2.75) is 19.3 Å². The molecule has 24 heavy (non-hydrogen) atoms. The van der Waals surface area contributed by atoms with E-state index in [-0.39, 0.29) is 16.7 Å². The summed E-state index contributed by atoms with van der Waals surface area (Å²) in [6, 6.07) is 6.84. The molecule has 3 rings (SSSR count). The van der Waals surface area contributed by atoms with Crippen LogP contribution in [0, 0.1) is 0 Å². The van der Waals surface area contributed by atoms with E-state index in [1.165, 1.54) is 6.20 Å². The summed E-state index contributed by atoms with van der Waals surface area (Å²) >= 11 is 1.02. The first-order valence-electron chi connectivity index (χ1n) is 7.52. The summed E-state index contributed by atoms with van der Waals surface area (Å²) in [5.41, 5.74) is 6.39. The highest BCUT2D eigenvalue weighted by Crippen LogP contribution is 2.22. The van der Waals surface area contributed by atoms with Crippen molar-refractivity contribution >= 4 is 39.9 Å². The summed E-state index contributed by atoms with van der Waals surface area (Å²) in [5.74, 6) is -0.805. The highest BCUT2D eigenvalue weighted by Gasteiger charge is 2.20. The fourth-order valence-corrected chi connectivity index (χ4v) is 3.15. The number of nitrogens with one attached hydrogen (secondary N) is 1. The van der Waals surface area contributed by atoms with E-state index in [4.69, 9.17) is 5.73 Å². The van der Waals surface area contributed by atoms with Crippen LogP contribution in [0.15, 0.2) is 30.5 Å². The normalized spacial score (nSPS) is 14.5. The molecule has 2 heterocycles. The zero-order chi connectivity index (χ0) is 17.1. The third-order valence-corrected chi connectivity index (χ3v) is 4.66. The molecule has 0 aliphatic carbocycles. The lowest BCUT2D eigenvalue weighted by atomic mass is 10.1. The second kappa shape index (κ2) is 6.79. The molecule has 3 N–H and O–H groups in total. The Morgan fingerprint density at radius 2 is 1.96 bits per heavy atom. The maximum Gasteiger partial charge on any atom is 0.260 e. The summed E-state index contributed by atoms with van der Waals surface area (Å²) in [6.45, 7) is 0.708. The van der Waals surface area contributed by atoms with Crippen LogP contribution in [0.4, 0.5) is 10.8 Å². The quantitative estimate of drug-likeness (QED) is 0.885. The number of hydrogen-bond acceptors (Lipinski definition) is 5. The van der Waals surface area contributed by atoms with Crippen LogP contribution in [0.5, 0.6) is 0 Å². The first-order chi connectivity index (χ1) is 11.5. The molecule has 0 spiro atoms. The van der Waals surface area contributed by atoms with Crippen LogP contribution in [-0.4, -0.2) is 29.3 Å². The molecule has 124 valence electrons. The largest absolute Gasteiger partial charge is 0.365 e. The van der Waals surface area contributed by atoms with Crippen molar-refractivity contribution in [2.75, 3.05) is 16.8 Å². The molecule has 1 aromatic carbocycles. The molecule has 0 radical (unpaired) electrons. The van der Waals surface area contributed by atoms with Gasteiger partial charge in [0.15, 0.2) is 5.13 Å². The molecule has 0 unspecified atom stereocenters. The van der Waals surface area contributed by atoms with Crippen molar-refractivity contribution in [3.8, 4) is 0 Å². The van der Waals surface area contributed by atoms with Crippen LogP contribution >= 0.6 is 11.3 Å². The molecule has 8 heteroatoms. The Balaban J connectivity index is 1.69. The highest BCUT2D eigenvalue weighted by molar-refractivity contribution is 7.17. The van der Waals surface area contributed by atoms with Gasteiger partial charge >= 0.3 is 0 Å². The Morgan fingerprint density at radius 3 is 2.58 bits per heavy atom. The van der Waals surface area contributed by atoms with Gasteiger partial charge in [-0.15, -0.1) is 0 Å². The zero-order valence-electron chi connectivity index (χ0n) is 12.8. The number of thiazole rings is 1. The van der Waals surface area contributed by atoms with Crippen LogP contribution < -0.4 is 16.0 Å². The van der Waals surface area contributed by atoms with Crippen molar-refractivity contribution in [3.63, 3.8) is 0 Å². The molecule has 1 fully saturated rings. The summed E-state index contributed by atoms with van der Waals surface area (Å²) < 4.78 is 0. The third kappa shape index (κ3) is 3.43. The van der Waals surface area contributed by atoms with Gasteiger partial charge in [0.1, 0.15) is 4.88 Å². The Kier molecular flexibility index (Phi) is 4.57. The van der Waals surface area contributed by atoms with Crippen molar-refractivity contribution < 1.29 is 14.4 Å². The van der Waals surface area contributed by atoms with Gasteiger partial charge in [-0.1, -0.05) is 11.3 Å². The Morgan fingerprint density at radius 1 is 1.21 bits per heavy atom. The van der Waals surface area contributed by atoms with Gasteiger partial charge in [0.2, 0.25) is 5.91 Å². The van der Waals surface area contributed by atoms with Gasteiger partial charge in [0, 0.05) is 24.2 Å². The predicted octanol–water partition coefficient (Wildman–Crippen LogP) is 2.01. The van der Waals surface area contributed by atoms with E-state index < -0.39 is 5.91 Å². The van der Waals surface area contributed by atoms with Gasteiger partial charge in [-0.05, 0) is 37.1 Å². The molecule has 0 atom stereocenters. The maximum absolute atomic E-state index is 12.2. The van der Waals surface area contributed by atoms with Crippen molar-refractivity contribution in [3.05, 3.63) is 40.9 Å². The molecular formula is C16H16N4O3S. The van der Waals surface area contributed by atoms with Crippen molar-refractivity contribution in [1.29, 1.82) is 0 Å². The highest BCUT2D eigenvalue weighted by atomic mass is 32.1. The number of piperidine rings is 1. The van der Waals surface area contributed by atoms with Crippen LogP contribution in [0.2, 0.25) is 0 Å². The first-order valence-corrected chi connectivity index (χ1v) is 8.33. The van der Waals surface area contributed by atoms with E-state index in [0.29, 0.717) is 23.7 Å². The number of nitrogens with zero attached hydrogens (tertiary/aromatic N) is 2. The van der Waals surface area contributed by atoms with E-state index in [2.05, 4.69) is 10.3 Å². The lowest BCUT2D eigenvalue weighted by Gasteiger charge is -2.26. The number of amides is 3. The molecule has 7 nitrogen and oxygen atoms in total. The topological polar surface area (TPSA) is 105 Å². The SMILES string of the molecule is NC(=O)c1cnc(NC(=O)c2ccc(N3CCCCC3=O)cc2)s1. The molecule has 2 aromatic rings. The molecular weight excluding hydrogens is 328 g/mol. The summed E-state index contributed by atoms with van der Waals surface area (Å²) in [4.78, 5) is 41.1. The van der Waals surface area contributed by atoms with Gasteiger partial charge in [-0.3, -0.25) is 19.7 Å². The smallest absolute Gasteiger partial charge is 0.260 e. The number of rotatable bonds is 4. The van der Waals surface area contributed by atoms with Crippen molar-refractivity contribution in [2.24, 2.45) is 5.73 Å². The fraction of sp³-hybridized carbons (Fsp3) is 0.250. The number of primary amides is 1. The van der Waals surface area contributed by atoms with Crippen LogP contribution in [0.25, 0.3) is 0 Å². The van der Waals surface area contributed by atoms with Gasteiger partial charge in [-0.25, -0.2) is 4.98 Å². The van der Waals surface area contributed by atoms with Gasteiger partial charge in [-0.2, -0.15) is 0 Å². The standard InChI is InChI=1S/C16H16N4O3S/c17-14(22)12-9-18-16(24-12)19-15(23)10-4-6-11(7-5-10)20-8-2-1-3-13(20)21/h4-7,9H,1-3,8H2,(H2,17,22)(H,18,19,23). The van der Waals surface area contributed by atoms with Crippen LogP contribution in [0.1, 0.15) is 39.3 Å². The second-order valence-electron chi connectivity index (χ2n) is 5.40. The van der Waals surface area contributed by atoms with Crippen LogP contribution in [-0.2, 0) is 4.79 Å². The average molecular weight is 344 g/mol. The van der Waals surface area contributed by atoms with E-state index >= 15 is 0 Å². The minimum atomic E-state index is -0.580. The third-order valence-electron chi connectivity index (χ3n) is 3.73. The summed E-state index contributed by atoms with van der Waals surface area (Å²) in [6.07, 6.45) is 3.80. The number of benzene rings is 1. The molecule has 1 aliphatic rings. The maximum atomic E-state index is 12.2. The number of hydrogen-bond donors (Lipinski definition) is 2. The Hall–Kier alpha value is -2.74. The van der Waals surface area contributed by atoms with E-state index in [0.717, 1.165) is 29.9 Å². The summed E-state index contributed by atoms with van der Waals surface area (Å²) in [7, 11) is 0. The van der Waals surface area contributed by atoms with Gasteiger partial charge < -0.3 is 10.6 Å². The van der Waals surface area contributed by atoms with E-state index in [1.54, 1.807) is 29.2 Å². The number of carbonyl (C=O) groups excluding carboxylic acids is 3. The van der Waals surface area contributed by atoms with E-state index in [9.17, 15) is 14.4 Å². The first kappa shape index (κ1) is 16.1. The monoisotopic (exact) mass is 344 g/mol. The molecule has 1 aromatic heterocycles. The number of carbonyl (C=O) groups is 3.